The topological polar surface area (TPSA) is 204 Å². The number of nitriles is 1. The third kappa shape index (κ3) is 6.35. The van der Waals surface area contributed by atoms with Crippen LogP contribution in [-0.2, 0) is 16.8 Å². The maximum absolute atomic E-state index is 14.0. The Morgan fingerprint density at radius 2 is 1.91 bits per heavy atom. The molecule has 2 heterocycles. The van der Waals surface area contributed by atoms with Gasteiger partial charge in [-0.3, -0.25) is 13.6 Å². The first-order chi connectivity index (χ1) is 21.2. The molecule has 0 aliphatic carbocycles. The Hall–Kier alpha value is -5.36. The van der Waals surface area contributed by atoms with Crippen molar-refractivity contribution >= 4 is 62.6 Å². The third-order valence-corrected chi connectivity index (χ3v) is 7.36. The number of nitrogens with two attached hydrogens (primary N) is 1. The van der Waals surface area contributed by atoms with E-state index < -0.39 is 28.7 Å². The molecule has 5 N–H and O–H groups in total. The summed E-state index contributed by atoms with van der Waals surface area (Å²) in [7, 11) is 0. The minimum atomic E-state index is -2.34. The number of rotatable bonds is 8. The van der Waals surface area contributed by atoms with Gasteiger partial charge in [0.05, 0.1) is 27.7 Å². The number of nitrogens with one attached hydrogen (secondary N) is 3. The van der Waals surface area contributed by atoms with Crippen LogP contribution < -0.4 is 27.2 Å². The van der Waals surface area contributed by atoms with Crippen molar-refractivity contribution in [3.8, 4) is 11.8 Å². The number of aromatic nitrogens is 4. The molecule has 44 heavy (non-hydrogen) atoms. The van der Waals surface area contributed by atoms with E-state index in [1.165, 1.54) is 10.9 Å². The van der Waals surface area contributed by atoms with Gasteiger partial charge in [0.15, 0.2) is 0 Å². The molecule has 1 unspecified atom stereocenters. The number of para-hydroxylation sites is 1. The van der Waals surface area contributed by atoms with E-state index in [1.807, 2.05) is 6.07 Å². The van der Waals surface area contributed by atoms with Crippen LogP contribution in [0.4, 0.5) is 27.8 Å². The fraction of sp³-hybridized carbons (Fsp3) is 0.103. The first-order valence-electron chi connectivity index (χ1n) is 13.0. The van der Waals surface area contributed by atoms with E-state index in [0.29, 0.717) is 28.1 Å². The molecular weight excluding hydrogens is 606 g/mol. The molecule has 0 spiro atoms. The number of nitrogen functional groups attached to an aromatic ring is 1. The van der Waals surface area contributed by atoms with Crippen LogP contribution in [0.25, 0.3) is 16.6 Å². The zero-order chi connectivity index (χ0) is 31.4. The molecule has 0 fully saturated rings. The summed E-state index contributed by atoms with van der Waals surface area (Å²) in [4.78, 5) is 39.6. The Kier molecular flexibility index (Phi) is 8.81. The van der Waals surface area contributed by atoms with E-state index >= 15 is 0 Å². The highest BCUT2D eigenvalue weighted by atomic mass is 35.5. The molecule has 15 heteroatoms. The number of carbonyl (C=O) groups is 1. The average molecular weight is 629 g/mol. The van der Waals surface area contributed by atoms with Crippen LogP contribution in [0.2, 0.25) is 5.02 Å². The van der Waals surface area contributed by atoms with Crippen molar-refractivity contribution in [3.05, 3.63) is 105 Å². The summed E-state index contributed by atoms with van der Waals surface area (Å²) >= 11 is 4.08. The normalized spacial score (nSPS) is 12.2. The standard InChI is InChI=1S/C29H24ClN9O4S/c1-16(35-26-20(13-31)25(32)33-15-34-26)27-37-23-11-5-9-21(30)24(23)28(40)39(27)19-8-4-7-18(12-19)36-29(41)38-22-10-3-2-6-17(22)14-44(42)43/h2-12,15-16H,14H2,1H3,(H,42,43)(H2,36,38,41)(H3,32,33,34,35)/p-1/t16-/m0/s1. The van der Waals surface area contributed by atoms with Crippen LogP contribution in [0.3, 0.4) is 0 Å². The fourth-order valence-electron chi connectivity index (χ4n) is 4.54. The molecule has 0 bridgehead atoms. The van der Waals surface area contributed by atoms with E-state index in [4.69, 9.17) is 22.3 Å². The molecule has 5 rings (SSSR count). The number of hydrogen-bond acceptors (Lipinski definition) is 10. The Morgan fingerprint density at radius 3 is 2.68 bits per heavy atom. The van der Waals surface area contributed by atoms with Crippen LogP contribution in [0.15, 0.2) is 77.9 Å². The van der Waals surface area contributed by atoms with Gasteiger partial charge in [-0.15, -0.1) is 0 Å². The summed E-state index contributed by atoms with van der Waals surface area (Å²) in [6.07, 6.45) is 1.21. The van der Waals surface area contributed by atoms with Gasteiger partial charge in [-0.25, -0.2) is 19.7 Å². The van der Waals surface area contributed by atoms with Gasteiger partial charge in [0.2, 0.25) is 0 Å². The van der Waals surface area contributed by atoms with Crippen molar-refractivity contribution < 1.29 is 13.6 Å². The molecule has 0 saturated carbocycles. The largest absolute Gasteiger partial charge is 0.772 e. The zero-order valence-corrected chi connectivity index (χ0v) is 24.5. The Bertz CT molecular complexity index is 2030. The van der Waals surface area contributed by atoms with Gasteiger partial charge >= 0.3 is 6.03 Å². The van der Waals surface area contributed by atoms with Crippen LogP contribution >= 0.6 is 11.6 Å². The maximum atomic E-state index is 14.0. The third-order valence-electron chi connectivity index (χ3n) is 6.50. The fourth-order valence-corrected chi connectivity index (χ4v) is 5.29. The van der Waals surface area contributed by atoms with Crippen molar-refractivity contribution in [1.82, 2.24) is 19.5 Å². The van der Waals surface area contributed by atoms with E-state index in [2.05, 4.69) is 25.9 Å². The molecule has 0 aliphatic rings. The second kappa shape index (κ2) is 12.9. The molecule has 2 atom stereocenters. The van der Waals surface area contributed by atoms with Crippen molar-refractivity contribution in [2.75, 3.05) is 21.7 Å². The average Bonchev–Trinajstić information content (AvgIpc) is 2.98. The molecule has 2 amide bonds. The molecular formula is C29H23ClN9O4S-. The quantitative estimate of drug-likeness (QED) is 0.177. The predicted octanol–water partition coefficient (Wildman–Crippen LogP) is 4.48. The first kappa shape index (κ1) is 30.1. The van der Waals surface area contributed by atoms with Gasteiger partial charge in [0.1, 0.15) is 35.4 Å². The highest BCUT2D eigenvalue weighted by Crippen LogP contribution is 2.27. The Labute approximate surface area is 258 Å². The molecule has 0 saturated heterocycles. The smallest absolute Gasteiger partial charge is 0.323 e. The summed E-state index contributed by atoms with van der Waals surface area (Å²) in [5, 5.41) is 18.4. The number of halogens is 1. The molecule has 2 aromatic heterocycles. The van der Waals surface area contributed by atoms with Crippen LogP contribution in [0.1, 0.15) is 29.9 Å². The van der Waals surface area contributed by atoms with Gasteiger partial charge in [-0.05, 0) is 48.9 Å². The van der Waals surface area contributed by atoms with Gasteiger partial charge in [-0.2, -0.15) is 5.26 Å². The number of hydrogen-bond donors (Lipinski definition) is 4. The maximum Gasteiger partial charge on any atom is 0.323 e. The summed E-state index contributed by atoms with van der Waals surface area (Å²) in [5.74, 6) is 0.146. The van der Waals surface area contributed by atoms with Crippen LogP contribution in [0, 0.1) is 11.3 Å². The summed E-state index contributed by atoms with van der Waals surface area (Å²) in [6.45, 7) is 1.73. The highest BCUT2D eigenvalue weighted by molar-refractivity contribution is 7.78. The zero-order valence-electron chi connectivity index (χ0n) is 22.9. The number of nitrogens with zero attached hydrogens (tertiary/aromatic N) is 5. The van der Waals surface area contributed by atoms with Gasteiger partial charge in [-0.1, -0.05) is 53.0 Å². The lowest BCUT2D eigenvalue weighted by Crippen LogP contribution is -2.28. The van der Waals surface area contributed by atoms with Crippen molar-refractivity contribution in [1.29, 1.82) is 5.26 Å². The van der Waals surface area contributed by atoms with Crippen molar-refractivity contribution in [2.45, 2.75) is 18.7 Å². The molecule has 3 aromatic carbocycles. The number of fused-ring (bicyclic) bond motifs is 1. The monoisotopic (exact) mass is 628 g/mol. The van der Waals surface area contributed by atoms with E-state index in [-0.39, 0.29) is 39.2 Å². The number of carbonyl (C=O) groups excluding carboxylic acids is 1. The van der Waals surface area contributed by atoms with Crippen molar-refractivity contribution in [2.24, 2.45) is 0 Å². The molecule has 13 nitrogen and oxygen atoms in total. The lowest BCUT2D eigenvalue weighted by molar-refractivity contribution is 0.262. The second-order valence-electron chi connectivity index (χ2n) is 9.44. The molecule has 0 aliphatic heterocycles. The number of urea groups is 1. The molecule has 5 aromatic rings. The second-order valence-corrected chi connectivity index (χ2v) is 10.7. The van der Waals surface area contributed by atoms with E-state index in [0.717, 1.165) is 0 Å². The summed E-state index contributed by atoms with van der Waals surface area (Å²) in [5.41, 5.74) is 7.23. The number of amides is 2. The SMILES string of the molecule is C[C@H](Nc1ncnc(N)c1C#N)c1nc2cccc(Cl)c2c(=O)n1-c1cccc(NC(=O)Nc2ccccc2CS(=O)[O-])c1. The summed E-state index contributed by atoms with van der Waals surface area (Å²) < 4.78 is 23.8. The van der Waals surface area contributed by atoms with Gasteiger partial charge in [0.25, 0.3) is 5.56 Å². The van der Waals surface area contributed by atoms with E-state index in [1.54, 1.807) is 73.7 Å². The number of anilines is 4. The summed E-state index contributed by atoms with van der Waals surface area (Å²) in [6, 6.07) is 18.6. The lowest BCUT2D eigenvalue weighted by atomic mass is 10.2. The van der Waals surface area contributed by atoms with E-state index in [9.17, 15) is 23.6 Å². The molecule has 222 valence electrons. The molecule has 0 radical (unpaired) electrons. The lowest BCUT2D eigenvalue weighted by Gasteiger charge is -2.21. The van der Waals surface area contributed by atoms with Crippen molar-refractivity contribution in [3.63, 3.8) is 0 Å². The predicted molar refractivity (Wildman–Crippen MR) is 167 cm³/mol. The van der Waals surface area contributed by atoms with Gasteiger partial charge in [0, 0.05) is 17.1 Å². The van der Waals surface area contributed by atoms with Gasteiger partial charge < -0.3 is 26.2 Å². The first-order valence-corrected chi connectivity index (χ1v) is 14.6. The van der Waals surface area contributed by atoms with Crippen LogP contribution in [-0.4, -0.2) is 34.3 Å². The minimum Gasteiger partial charge on any atom is -0.772 e. The Balaban J connectivity index is 1.53. The van der Waals surface area contributed by atoms with Crippen LogP contribution in [0.5, 0.6) is 0 Å². The highest BCUT2D eigenvalue weighted by Gasteiger charge is 2.22. The minimum absolute atomic E-state index is 0.00573. The Morgan fingerprint density at radius 1 is 1.14 bits per heavy atom. The number of benzene rings is 3.